The van der Waals surface area contributed by atoms with Crippen LogP contribution in [0.4, 0.5) is 5.69 Å². The van der Waals surface area contributed by atoms with Gasteiger partial charge in [0.25, 0.3) is 11.4 Å². The second-order valence-electron chi connectivity index (χ2n) is 8.04. The normalized spacial score (nSPS) is 12.4. The van der Waals surface area contributed by atoms with Gasteiger partial charge in [0, 0.05) is 29.4 Å². The van der Waals surface area contributed by atoms with E-state index >= 15 is 0 Å². The largest absolute Gasteiger partial charge is 0.486 e. The number of amides is 1. The Morgan fingerprint density at radius 1 is 0.972 bits per heavy atom. The number of hydrogen-bond donors (Lipinski definition) is 1. The van der Waals surface area contributed by atoms with Crippen molar-refractivity contribution < 1.29 is 18.8 Å². The maximum Gasteiger partial charge on any atom is 0.259 e. The number of fused-ring (bicyclic) bond motifs is 2. The molecule has 1 aliphatic heterocycles. The van der Waals surface area contributed by atoms with E-state index in [1.807, 2.05) is 18.2 Å². The van der Waals surface area contributed by atoms with Gasteiger partial charge in [0.1, 0.15) is 25.5 Å². The smallest absolute Gasteiger partial charge is 0.259 e. The molecule has 0 unspecified atom stereocenters. The number of pyridine rings is 2. The van der Waals surface area contributed by atoms with Crippen molar-refractivity contribution in [3.05, 3.63) is 83.3 Å². The van der Waals surface area contributed by atoms with Crippen molar-refractivity contribution >= 4 is 22.5 Å². The number of aromatic nitrogens is 4. The number of nitrogens with one attached hydrogen (secondary N) is 1. The molecule has 1 aliphatic rings. The van der Waals surface area contributed by atoms with E-state index in [-0.39, 0.29) is 23.9 Å². The zero-order valence-corrected chi connectivity index (χ0v) is 18.9. The van der Waals surface area contributed by atoms with Crippen molar-refractivity contribution in [3.63, 3.8) is 0 Å². The topological polar surface area (TPSA) is 121 Å². The van der Waals surface area contributed by atoms with Crippen LogP contribution in [0, 0.1) is 0 Å². The molecule has 5 aromatic rings. The molecule has 1 amide bonds. The molecule has 3 aromatic heterocycles. The Labute approximate surface area is 204 Å². The number of anilines is 1. The van der Waals surface area contributed by atoms with Crippen molar-refractivity contribution in [1.29, 1.82) is 0 Å². The zero-order chi connectivity index (χ0) is 24.5. The van der Waals surface area contributed by atoms with Crippen molar-refractivity contribution in [2.24, 2.45) is 0 Å². The second kappa shape index (κ2) is 8.99. The lowest BCUT2D eigenvalue weighted by Gasteiger charge is -2.19. The highest BCUT2D eigenvalue weighted by atomic mass is 16.6. The summed E-state index contributed by atoms with van der Waals surface area (Å²) in [6, 6.07) is 19.2. The average Bonchev–Trinajstić information content (AvgIpc) is 3.41. The van der Waals surface area contributed by atoms with E-state index in [0.29, 0.717) is 58.4 Å². The Kier molecular flexibility index (Phi) is 5.38. The first kappa shape index (κ1) is 21.5. The fraction of sp³-hybridized carbons (Fsp3) is 0.115. The summed E-state index contributed by atoms with van der Waals surface area (Å²) in [7, 11) is 0. The molecule has 4 heterocycles. The fourth-order valence-corrected chi connectivity index (χ4v) is 4.07. The lowest BCUT2D eigenvalue weighted by Crippen LogP contribution is -2.28. The summed E-state index contributed by atoms with van der Waals surface area (Å²) >= 11 is 0. The van der Waals surface area contributed by atoms with Crippen molar-refractivity contribution in [1.82, 2.24) is 19.7 Å². The average molecular weight is 481 g/mol. The minimum atomic E-state index is -0.376. The van der Waals surface area contributed by atoms with Gasteiger partial charge in [-0.3, -0.25) is 19.1 Å². The van der Waals surface area contributed by atoms with E-state index < -0.39 is 0 Å². The van der Waals surface area contributed by atoms with E-state index in [9.17, 15) is 9.59 Å². The van der Waals surface area contributed by atoms with Gasteiger partial charge in [-0.15, -0.1) is 0 Å². The summed E-state index contributed by atoms with van der Waals surface area (Å²) in [5.74, 6) is 1.34. The minimum absolute atomic E-state index is 0.183. The third-order valence-electron chi connectivity index (χ3n) is 5.70. The minimum Gasteiger partial charge on any atom is -0.486 e. The Hall–Kier alpha value is -4.99. The zero-order valence-electron chi connectivity index (χ0n) is 18.9. The first-order valence-electron chi connectivity index (χ1n) is 11.2. The Morgan fingerprint density at radius 2 is 1.81 bits per heavy atom. The van der Waals surface area contributed by atoms with E-state index in [1.54, 1.807) is 48.7 Å². The van der Waals surface area contributed by atoms with Crippen LogP contribution < -0.4 is 20.3 Å². The third kappa shape index (κ3) is 4.05. The van der Waals surface area contributed by atoms with Gasteiger partial charge < -0.3 is 19.3 Å². The molecule has 10 heteroatoms. The molecule has 0 aliphatic carbocycles. The van der Waals surface area contributed by atoms with Gasteiger partial charge >= 0.3 is 0 Å². The van der Waals surface area contributed by atoms with Gasteiger partial charge in [0.05, 0.1) is 11.1 Å². The maximum absolute atomic E-state index is 13.1. The second-order valence-corrected chi connectivity index (χ2v) is 8.04. The highest BCUT2D eigenvalue weighted by Gasteiger charge is 2.19. The molecular formula is C26H19N5O5. The summed E-state index contributed by atoms with van der Waals surface area (Å²) < 4.78 is 18.0. The number of benzene rings is 2. The van der Waals surface area contributed by atoms with Crippen molar-refractivity contribution in [3.8, 4) is 34.5 Å². The van der Waals surface area contributed by atoms with Gasteiger partial charge in [-0.2, -0.15) is 4.98 Å². The van der Waals surface area contributed by atoms with Crippen LogP contribution in [0.3, 0.4) is 0 Å². The van der Waals surface area contributed by atoms with E-state index in [2.05, 4.69) is 20.4 Å². The van der Waals surface area contributed by atoms with Gasteiger partial charge in [-0.25, -0.2) is 0 Å². The standard InChI is InChI=1S/C26H19N5O5/c32-23(28-16-8-9-21-22(13-16)35-12-11-34-21)15-31-20-7-2-1-5-17(20)18(14-24(31)33)26-29-25(30-36-26)19-6-3-4-10-27-19/h1-10,13-14H,11-12,15H2,(H,28,32). The number of para-hydroxylation sites is 1. The van der Waals surface area contributed by atoms with Crippen LogP contribution in [0.1, 0.15) is 0 Å². The number of carbonyl (C=O) groups is 1. The van der Waals surface area contributed by atoms with Crippen LogP contribution in [0.15, 0.2) is 82.2 Å². The van der Waals surface area contributed by atoms with Crippen LogP contribution in [0.5, 0.6) is 11.5 Å². The molecule has 1 N–H and O–H groups in total. The van der Waals surface area contributed by atoms with E-state index in [1.165, 1.54) is 10.6 Å². The number of nitrogens with zero attached hydrogens (tertiary/aromatic N) is 4. The lowest BCUT2D eigenvalue weighted by atomic mass is 10.1. The van der Waals surface area contributed by atoms with E-state index in [4.69, 9.17) is 14.0 Å². The summed E-state index contributed by atoms with van der Waals surface area (Å²) in [5, 5.41) is 7.52. The molecule has 6 rings (SSSR count). The Balaban J connectivity index is 1.31. The summed E-state index contributed by atoms with van der Waals surface area (Å²) in [4.78, 5) is 34.7. The first-order valence-corrected chi connectivity index (χ1v) is 11.2. The van der Waals surface area contributed by atoms with Gasteiger partial charge in [0.2, 0.25) is 11.7 Å². The van der Waals surface area contributed by atoms with Crippen LogP contribution in [0.25, 0.3) is 33.9 Å². The number of ether oxygens (including phenoxy) is 2. The van der Waals surface area contributed by atoms with Crippen LogP contribution in [-0.2, 0) is 11.3 Å². The monoisotopic (exact) mass is 481 g/mol. The van der Waals surface area contributed by atoms with Crippen molar-refractivity contribution in [2.45, 2.75) is 6.54 Å². The number of rotatable bonds is 5. The lowest BCUT2D eigenvalue weighted by molar-refractivity contribution is -0.116. The fourth-order valence-electron chi connectivity index (χ4n) is 4.07. The predicted molar refractivity (Wildman–Crippen MR) is 131 cm³/mol. The highest BCUT2D eigenvalue weighted by Crippen LogP contribution is 2.32. The Bertz CT molecular complexity index is 1640. The summed E-state index contributed by atoms with van der Waals surface area (Å²) in [5.41, 5.74) is 1.77. The van der Waals surface area contributed by atoms with Gasteiger partial charge in [0.15, 0.2) is 11.5 Å². The number of carbonyl (C=O) groups excluding carboxylic acids is 1. The maximum atomic E-state index is 13.1. The third-order valence-corrected chi connectivity index (χ3v) is 5.70. The first-order chi connectivity index (χ1) is 17.7. The van der Waals surface area contributed by atoms with Crippen molar-refractivity contribution in [2.75, 3.05) is 18.5 Å². The highest BCUT2D eigenvalue weighted by molar-refractivity contribution is 5.95. The molecule has 0 bridgehead atoms. The van der Waals surface area contributed by atoms with E-state index in [0.717, 1.165) is 0 Å². The molecule has 0 atom stereocenters. The quantitative estimate of drug-likeness (QED) is 0.405. The molecule has 10 nitrogen and oxygen atoms in total. The molecular weight excluding hydrogens is 462 g/mol. The summed E-state index contributed by atoms with van der Waals surface area (Å²) in [6.45, 7) is 0.747. The molecule has 0 radical (unpaired) electrons. The van der Waals surface area contributed by atoms with Crippen LogP contribution >= 0.6 is 0 Å². The number of hydrogen-bond acceptors (Lipinski definition) is 8. The predicted octanol–water partition coefficient (Wildman–Crippen LogP) is 3.52. The molecule has 36 heavy (non-hydrogen) atoms. The van der Waals surface area contributed by atoms with Crippen LogP contribution in [0.2, 0.25) is 0 Å². The Morgan fingerprint density at radius 3 is 2.67 bits per heavy atom. The molecule has 0 saturated carbocycles. The van der Waals surface area contributed by atoms with Gasteiger partial charge in [-0.05, 0) is 30.3 Å². The summed E-state index contributed by atoms with van der Waals surface area (Å²) in [6.07, 6.45) is 1.64. The van der Waals surface area contributed by atoms with Crippen LogP contribution in [-0.4, -0.2) is 38.8 Å². The SMILES string of the molecule is O=C(Cn1c(=O)cc(-c2nc(-c3ccccn3)no2)c2ccccc21)Nc1ccc2c(c1)OCCO2. The molecule has 0 saturated heterocycles. The molecule has 178 valence electrons. The van der Waals surface area contributed by atoms with Gasteiger partial charge in [-0.1, -0.05) is 29.4 Å². The molecule has 0 fully saturated rings. The molecule has 2 aromatic carbocycles. The molecule has 0 spiro atoms.